The standard InChI is InChI=1S/C17H23N5O2S2/c1-19-17(20-13-14-4-2-5-15(12-14)26(18,23)24)22-9-7-21(8-10-22)16-6-3-11-25-16/h2-6,11-12H,7-10,13H2,1H3,(H,19,20)(H2,18,23,24). The monoisotopic (exact) mass is 393 g/mol. The summed E-state index contributed by atoms with van der Waals surface area (Å²) >= 11 is 1.76. The smallest absolute Gasteiger partial charge is 0.238 e. The van der Waals surface area contributed by atoms with E-state index in [1.54, 1.807) is 30.5 Å². The van der Waals surface area contributed by atoms with Gasteiger partial charge < -0.3 is 15.1 Å². The fourth-order valence-corrected chi connectivity index (χ4v) is 4.30. The molecule has 1 aliphatic rings. The molecule has 3 rings (SSSR count). The molecule has 1 fully saturated rings. The Morgan fingerprint density at radius 1 is 1.23 bits per heavy atom. The van der Waals surface area contributed by atoms with E-state index in [2.05, 4.69) is 37.6 Å². The van der Waals surface area contributed by atoms with Gasteiger partial charge in [-0.15, -0.1) is 11.3 Å². The van der Waals surface area contributed by atoms with Crippen LogP contribution >= 0.6 is 11.3 Å². The Morgan fingerprint density at radius 3 is 2.62 bits per heavy atom. The number of aliphatic imine (C=N–C) groups is 1. The molecule has 0 unspecified atom stereocenters. The van der Waals surface area contributed by atoms with E-state index >= 15 is 0 Å². The van der Waals surface area contributed by atoms with Gasteiger partial charge in [0.2, 0.25) is 10.0 Å². The maximum Gasteiger partial charge on any atom is 0.238 e. The highest BCUT2D eigenvalue weighted by atomic mass is 32.2. The van der Waals surface area contributed by atoms with Crippen molar-refractivity contribution in [3.8, 4) is 0 Å². The lowest BCUT2D eigenvalue weighted by Crippen LogP contribution is -2.52. The fraction of sp³-hybridized carbons (Fsp3) is 0.353. The molecule has 0 spiro atoms. The number of sulfonamides is 1. The summed E-state index contributed by atoms with van der Waals surface area (Å²) in [5, 5.41) is 11.9. The van der Waals surface area contributed by atoms with Crippen LogP contribution in [0.4, 0.5) is 5.00 Å². The first-order valence-corrected chi connectivity index (χ1v) is 10.8. The number of guanidine groups is 1. The SMILES string of the molecule is CN=C(NCc1cccc(S(N)(=O)=O)c1)N1CCN(c2cccs2)CC1. The Bertz CT molecular complexity index is 857. The topological polar surface area (TPSA) is 91.0 Å². The highest BCUT2D eigenvalue weighted by Gasteiger charge is 2.20. The molecule has 7 nitrogen and oxygen atoms in total. The normalized spacial score (nSPS) is 16.0. The van der Waals surface area contributed by atoms with Crippen molar-refractivity contribution in [3.05, 3.63) is 47.3 Å². The van der Waals surface area contributed by atoms with E-state index in [1.807, 2.05) is 6.07 Å². The van der Waals surface area contributed by atoms with E-state index in [4.69, 9.17) is 5.14 Å². The maximum absolute atomic E-state index is 11.5. The van der Waals surface area contributed by atoms with Gasteiger partial charge in [-0.3, -0.25) is 4.99 Å². The molecule has 9 heteroatoms. The average molecular weight is 394 g/mol. The summed E-state index contributed by atoms with van der Waals surface area (Å²) < 4.78 is 23.0. The van der Waals surface area contributed by atoms with E-state index in [-0.39, 0.29) is 4.90 Å². The van der Waals surface area contributed by atoms with Crippen molar-refractivity contribution < 1.29 is 8.42 Å². The van der Waals surface area contributed by atoms with Crippen LogP contribution in [0.25, 0.3) is 0 Å². The van der Waals surface area contributed by atoms with Crippen LogP contribution < -0.4 is 15.4 Å². The molecule has 2 heterocycles. The highest BCUT2D eigenvalue weighted by molar-refractivity contribution is 7.89. The molecule has 0 amide bonds. The number of hydrogen-bond acceptors (Lipinski definition) is 5. The molecule has 3 N–H and O–H groups in total. The summed E-state index contributed by atoms with van der Waals surface area (Å²) in [4.78, 5) is 9.07. The van der Waals surface area contributed by atoms with Crippen molar-refractivity contribution >= 4 is 32.3 Å². The number of primary sulfonamides is 1. The fourth-order valence-electron chi connectivity index (χ4n) is 2.93. The lowest BCUT2D eigenvalue weighted by atomic mass is 10.2. The summed E-state index contributed by atoms with van der Waals surface area (Å²) in [5.74, 6) is 0.817. The van der Waals surface area contributed by atoms with Crippen LogP contribution in [-0.4, -0.2) is 52.5 Å². The summed E-state index contributed by atoms with van der Waals surface area (Å²) in [6.45, 7) is 4.15. The van der Waals surface area contributed by atoms with Crippen molar-refractivity contribution in [1.29, 1.82) is 0 Å². The molecule has 0 saturated carbocycles. The maximum atomic E-state index is 11.5. The van der Waals surface area contributed by atoms with Gasteiger partial charge in [-0.25, -0.2) is 13.6 Å². The second-order valence-corrected chi connectivity index (χ2v) is 8.51. The van der Waals surface area contributed by atoms with Gasteiger partial charge in [0.15, 0.2) is 5.96 Å². The number of anilines is 1. The van der Waals surface area contributed by atoms with Crippen molar-refractivity contribution in [2.24, 2.45) is 10.1 Å². The van der Waals surface area contributed by atoms with Crippen molar-refractivity contribution in [2.75, 3.05) is 38.1 Å². The zero-order chi connectivity index (χ0) is 18.6. The molecule has 2 aromatic rings. The number of benzene rings is 1. The molecule has 1 aliphatic heterocycles. The van der Waals surface area contributed by atoms with Crippen molar-refractivity contribution in [3.63, 3.8) is 0 Å². The molecule has 1 saturated heterocycles. The molecule has 0 atom stereocenters. The van der Waals surface area contributed by atoms with Crippen LogP contribution in [0.5, 0.6) is 0 Å². The minimum absolute atomic E-state index is 0.122. The minimum atomic E-state index is -3.69. The molecule has 140 valence electrons. The van der Waals surface area contributed by atoms with Crippen LogP contribution in [0.2, 0.25) is 0 Å². The highest BCUT2D eigenvalue weighted by Crippen LogP contribution is 2.22. The van der Waals surface area contributed by atoms with E-state index in [9.17, 15) is 8.42 Å². The Balaban J connectivity index is 1.58. The number of nitrogens with zero attached hydrogens (tertiary/aromatic N) is 3. The zero-order valence-corrected chi connectivity index (χ0v) is 16.3. The quantitative estimate of drug-likeness (QED) is 0.603. The summed E-state index contributed by atoms with van der Waals surface area (Å²) in [6.07, 6.45) is 0. The van der Waals surface area contributed by atoms with Crippen molar-refractivity contribution in [2.45, 2.75) is 11.4 Å². The molecule has 1 aromatic heterocycles. The third-order valence-corrected chi connectivity index (χ3v) is 6.13. The van der Waals surface area contributed by atoms with Gasteiger partial charge in [0.05, 0.1) is 9.90 Å². The third kappa shape index (κ3) is 4.54. The number of nitrogens with one attached hydrogen (secondary N) is 1. The van der Waals surface area contributed by atoms with Crippen LogP contribution in [0.15, 0.2) is 51.7 Å². The number of piperazine rings is 1. The summed E-state index contributed by atoms with van der Waals surface area (Å²) in [7, 11) is -1.93. The Kier molecular flexibility index (Phi) is 5.80. The van der Waals surface area contributed by atoms with E-state index < -0.39 is 10.0 Å². The summed E-state index contributed by atoms with van der Waals surface area (Å²) in [5.41, 5.74) is 0.842. The van der Waals surface area contributed by atoms with Gasteiger partial charge in [-0.2, -0.15) is 0 Å². The number of rotatable bonds is 4. The first kappa shape index (κ1) is 18.7. The van der Waals surface area contributed by atoms with Crippen LogP contribution in [0.1, 0.15) is 5.56 Å². The predicted octanol–water partition coefficient (Wildman–Crippen LogP) is 1.29. The van der Waals surface area contributed by atoms with E-state index in [1.165, 1.54) is 11.1 Å². The third-order valence-electron chi connectivity index (χ3n) is 4.29. The van der Waals surface area contributed by atoms with Gasteiger partial charge >= 0.3 is 0 Å². The molecule has 0 bridgehead atoms. The molecule has 0 radical (unpaired) electrons. The lowest BCUT2D eigenvalue weighted by molar-refractivity contribution is 0.373. The van der Waals surface area contributed by atoms with Gasteiger partial charge in [0.25, 0.3) is 0 Å². The van der Waals surface area contributed by atoms with Crippen LogP contribution in [0, 0.1) is 0 Å². The zero-order valence-electron chi connectivity index (χ0n) is 14.6. The minimum Gasteiger partial charge on any atom is -0.360 e. The lowest BCUT2D eigenvalue weighted by Gasteiger charge is -2.37. The Morgan fingerprint density at radius 2 is 2.00 bits per heavy atom. The average Bonchev–Trinajstić information content (AvgIpc) is 3.17. The van der Waals surface area contributed by atoms with E-state index in [0.717, 1.165) is 37.7 Å². The van der Waals surface area contributed by atoms with E-state index in [0.29, 0.717) is 6.54 Å². The van der Waals surface area contributed by atoms with Gasteiger partial charge in [0, 0.05) is 39.8 Å². The number of thiophene rings is 1. The molecule has 1 aromatic carbocycles. The van der Waals surface area contributed by atoms with Gasteiger partial charge in [-0.1, -0.05) is 12.1 Å². The largest absolute Gasteiger partial charge is 0.360 e. The first-order valence-electron chi connectivity index (χ1n) is 8.33. The van der Waals surface area contributed by atoms with Gasteiger partial charge in [-0.05, 0) is 35.2 Å². The predicted molar refractivity (Wildman–Crippen MR) is 106 cm³/mol. The Labute approximate surface area is 158 Å². The molecular formula is C17H23N5O2S2. The second-order valence-electron chi connectivity index (χ2n) is 6.02. The number of nitrogens with two attached hydrogens (primary N) is 1. The summed E-state index contributed by atoms with van der Waals surface area (Å²) in [6, 6.07) is 10.9. The molecule has 26 heavy (non-hydrogen) atoms. The molecule has 0 aliphatic carbocycles. The second kappa shape index (κ2) is 8.07. The first-order chi connectivity index (χ1) is 12.5. The van der Waals surface area contributed by atoms with Crippen molar-refractivity contribution in [1.82, 2.24) is 10.2 Å². The number of hydrogen-bond donors (Lipinski definition) is 2. The van der Waals surface area contributed by atoms with Crippen LogP contribution in [-0.2, 0) is 16.6 Å². The Hall–Kier alpha value is -2.10. The molecular weight excluding hydrogens is 370 g/mol. The van der Waals surface area contributed by atoms with Crippen LogP contribution in [0.3, 0.4) is 0 Å². The van der Waals surface area contributed by atoms with Gasteiger partial charge in [0.1, 0.15) is 0 Å².